The standard InChI is InChI=1S/C17H16N4/c18-13-7-5-11(6-8-13)16-17(12-9-19-10-12)21-15-4-2-1-3-14(15)20-16/h1-8,12,19H,9-10,18H2. The monoisotopic (exact) mass is 276 g/mol. The summed E-state index contributed by atoms with van der Waals surface area (Å²) < 4.78 is 0. The molecule has 3 aromatic rings. The van der Waals surface area contributed by atoms with Gasteiger partial charge in [0.1, 0.15) is 0 Å². The van der Waals surface area contributed by atoms with E-state index in [2.05, 4.69) is 5.32 Å². The fourth-order valence-electron chi connectivity index (χ4n) is 2.63. The Bertz CT molecular complexity index is 791. The molecule has 104 valence electrons. The first-order valence-electron chi connectivity index (χ1n) is 7.14. The summed E-state index contributed by atoms with van der Waals surface area (Å²) in [6, 6.07) is 15.9. The maximum atomic E-state index is 5.78. The molecule has 1 aliphatic heterocycles. The molecule has 0 spiro atoms. The third kappa shape index (κ3) is 2.14. The van der Waals surface area contributed by atoms with Crippen LogP contribution in [0.2, 0.25) is 0 Å². The van der Waals surface area contributed by atoms with Crippen molar-refractivity contribution in [1.82, 2.24) is 15.3 Å². The highest BCUT2D eigenvalue weighted by molar-refractivity contribution is 5.79. The number of para-hydroxylation sites is 2. The second kappa shape index (κ2) is 4.82. The van der Waals surface area contributed by atoms with Gasteiger partial charge in [-0.1, -0.05) is 24.3 Å². The minimum absolute atomic E-state index is 0.439. The summed E-state index contributed by atoms with van der Waals surface area (Å²) in [6.45, 7) is 1.93. The second-order valence-electron chi connectivity index (χ2n) is 5.42. The quantitative estimate of drug-likeness (QED) is 0.706. The number of nitrogen functional groups attached to an aromatic ring is 1. The third-order valence-electron chi connectivity index (χ3n) is 3.95. The van der Waals surface area contributed by atoms with Crippen molar-refractivity contribution < 1.29 is 0 Å². The Morgan fingerprint density at radius 1 is 0.905 bits per heavy atom. The predicted octanol–water partition coefficient (Wildman–Crippen LogP) is 2.57. The average molecular weight is 276 g/mol. The molecule has 1 aliphatic rings. The molecule has 0 saturated carbocycles. The average Bonchev–Trinajstić information content (AvgIpc) is 2.46. The Labute approximate surface area is 123 Å². The number of nitrogens with one attached hydrogen (secondary N) is 1. The van der Waals surface area contributed by atoms with E-state index < -0.39 is 0 Å². The molecule has 21 heavy (non-hydrogen) atoms. The van der Waals surface area contributed by atoms with Gasteiger partial charge in [-0.2, -0.15) is 0 Å². The van der Waals surface area contributed by atoms with Gasteiger partial charge in [0, 0.05) is 30.3 Å². The summed E-state index contributed by atoms with van der Waals surface area (Å²) in [6.07, 6.45) is 0. The fraction of sp³-hybridized carbons (Fsp3) is 0.176. The molecule has 0 bridgehead atoms. The molecule has 2 heterocycles. The van der Waals surface area contributed by atoms with Crippen molar-refractivity contribution >= 4 is 16.7 Å². The maximum absolute atomic E-state index is 5.78. The van der Waals surface area contributed by atoms with Gasteiger partial charge < -0.3 is 11.1 Å². The minimum atomic E-state index is 0.439. The van der Waals surface area contributed by atoms with Gasteiger partial charge in [-0.25, -0.2) is 9.97 Å². The van der Waals surface area contributed by atoms with Crippen molar-refractivity contribution in [1.29, 1.82) is 0 Å². The lowest BCUT2D eigenvalue weighted by Gasteiger charge is -2.28. The number of hydrogen-bond donors (Lipinski definition) is 2. The van der Waals surface area contributed by atoms with E-state index in [4.69, 9.17) is 15.7 Å². The van der Waals surface area contributed by atoms with E-state index in [1.807, 2.05) is 48.5 Å². The number of rotatable bonds is 2. The Balaban J connectivity index is 1.93. The molecule has 0 unspecified atom stereocenters. The van der Waals surface area contributed by atoms with E-state index in [-0.39, 0.29) is 0 Å². The van der Waals surface area contributed by atoms with E-state index in [9.17, 15) is 0 Å². The van der Waals surface area contributed by atoms with Crippen LogP contribution in [-0.4, -0.2) is 23.1 Å². The smallest absolute Gasteiger partial charge is 0.0929 e. The largest absolute Gasteiger partial charge is 0.399 e. The molecular formula is C17H16N4. The van der Waals surface area contributed by atoms with Gasteiger partial charge >= 0.3 is 0 Å². The zero-order valence-corrected chi connectivity index (χ0v) is 11.6. The van der Waals surface area contributed by atoms with E-state index >= 15 is 0 Å². The topological polar surface area (TPSA) is 63.8 Å². The zero-order chi connectivity index (χ0) is 14.2. The Hall–Kier alpha value is -2.46. The number of anilines is 1. The van der Waals surface area contributed by atoms with Crippen LogP contribution in [-0.2, 0) is 0 Å². The number of benzene rings is 2. The van der Waals surface area contributed by atoms with Crippen molar-refractivity contribution in [2.45, 2.75) is 5.92 Å². The molecular weight excluding hydrogens is 260 g/mol. The van der Waals surface area contributed by atoms with E-state index in [0.29, 0.717) is 5.92 Å². The van der Waals surface area contributed by atoms with Crippen LogP contribution >= 0.6 is 0 Å². The molecule has 0 atom stereocenters. The van der Waals surface area contributed by atoms with Crippen LogP contribution in [0.15, 0.2) is 48.5 Å². The SMILES string of the molecule is Nc1ccc(-c2nc3ccccc3nc2C2CNC2)cc1. The van der Waals surface area contributed by atoms with Gasteiger partial charge in [0.2, 0.25) is 0 Å². The first-order valence-corrected chi connectivity index (χ1v) is 7.14. The first kappa shape index (κ1) is 12.3. The van der Waals surface area contributed by atoms with Crippen LogP contribution < -0.4 is 11.1 Å². The highest BCUT2D eigenvalue weighted by Crippen LogP contribution is 2.30. The third-order valence-corrected chi connectivity index (χ3v) is 3.95. The second-order valence-corrected chi connectivity index (χ2v) is 5.42. The van der Waals surface area contributed by atoms with Crippen LogP contribution in [0.5, 0.6) is 0 Å². The molecule has 1 fully saturated rings. The van der Waals surface area contributed by atoms with Crippen molar-refractivity contribution in [3.63, 3.8) is 0 Å². The van der Waals surface area contributed by atoms with Gasteiger partial charge in [0.25, 0.3) is 0 Å². The summed E-state index contributed by atoms with van der Waals surface area (Å²) in [5, 5.41) is 3.31. The lowest BCUT2D eigenvalue weighted by molar-refractivity contribution is 0.441. The fourth-order valence-corrected chi connectivity index (χ4v) is 2.63. The zero-order valence-electron chi connectivity index (χ0n) is 11.6. The number of fused-ring (bicyclic) bond motifs is 1. The molecule has 1 saturated heterocycles. The number of hydrogen-bond acceptors (Lipinski definition) is 4. The number of nitrogens with two attached hydrogens (primary N) is 1. The molecule has 0 aliphatic carbocycles. The van der Waals surface area contributed by atoms with Crippen molar-refractivity contribution in [2.24, 2.45) is 0 Å². The predicted molar refractivity (Wildman–Crippen MR) is 85.0 cm³/mol. The van der Waals surface area contributed by atoms with Crippen molar-refractivity contribution in [3.05, 3.63) is 54.2 Å². The molecule has 3 N–H and O–H groups in total. The van der Waals surface area contributed by atoms with E-state index in [1.54, 1.807) is 0 Å². The van der Waals surface area contributed by atoms with E-state index in [0.717, 1.165) is 46.8 Å². The summed E-state index contributed by atoms with van der Waals surface area (Å²) >= 11 is 0. The van der Waals surface area contributed by atoms with Crippen LogP contribution in [0, 0.1) is 0 Å². The molecule has 0 amide bonds. The minimum Gasteiger partial charge on any atom is -0.399 e. The molecule has 1 aromatic heterocycles. The Kier molecular flexibility index (Phi) is 2.82. The van der Waals surface area contributed by atoms with Crippen LogP contribution in [0.3, 0.4) is 0 Å². The van der Waals surface area contributed by atoms with Crippen molar-refractivity contribution in [2.75, 3.05) is 18.8 Å². The number of nitrogens with zero attached hydrogens (tertiary/aromatic N) is 2. The lowest BCUT2D eigenvalue weighted by atomic mass is 9.94. The van der Waals surface area contributed by atoms with Crippen LogP contribution in [0.4, 0.5) is 5.69 Å². The lowest BCUT2D eigenvalue weighted by Crippen LogP contribution is -2.40. The van der Waals surface area contributed by atoms with Gasteiger partial charge in [0.15, 0.2) is 0 Å². The molecule has 4 heteroatoms. The summed E-state index contributed by atoms with van der Waals surface area (Å²) in [5.41, 5.74) is 11.6. The molecule has 0 radical (unpaired) electrons. The molecule has 4 nitrogen and oxygen atoms in total. The summed E-state index contributed by atoms with van der Waals surface area (Å²) in [7, 11) is 0. The first-order chi connectivity index (χ1) is 10.3. The summed E-state index contributed by atoms with van der Waals surface area (Å²) in [4.78, 5) is 9.71. The van der Waals surface area contributed by atoms with Crippen molar-refractivity contribution in [3.8, 4) is 11.3 Å². The Morgan fingerprint density at radius 2 is 1.57 bits per heavy atom. The normalized spacial score (nSPS) is 15.0. The van der Waals surface area contributed by atoms with Gasteiger partial charge in [-0.05, 0) is 24.3 Å². The highest BCUT2D eigenvalue weighted by atomic mass is 15.0. The van der Waals surface area contributed by atoms with Crippen LogP contribution in [0.25, 0.3) is 22.3 Å². The highest BCUT2D eigenvalue weighted by Gasteiger charge is 2.25. The molecule has 4 rings (SSSR count). The Morgan fingerprint density at radius 3 is 2.19 bits per heavy atom. The van der Waals surface area contributed by atoms with E-state index in [1.165, 1.54) is 0 Å². The maximum Gasteiger partial charge on any atom is 0.0929 e. The van der Waals surface area contributed by atoms with Gasteiger partial charge in [0.05, 0.1) is 22.4 Å². The summed E-state index contributed by atoms with van der Waals surface area (Å²) in [5.74, 6) is 0.439. The van der Waals surface area contributed by atoms with Gasteiger partial charge in [-0.15, -0.1) is 0 Å². The van der Waals surface area contributed by atoms with Gasteiger partial charge in [-0.3, -0.25) is 0 Å². The number of aromatic nitrogens is 2. The van der Waals surface area contributed by atoms with Crippen LogP contribution in [0.1, 0.15) is 11.6 Å². The molecule has 2 aromatic carbocycles.